The van der Waals surface area contributed by atoms with Crippen molar-refractivity contribution in [1.29, 1.82) is 0 Å². The van der Waals surface area contributed by atoms with Crippen LogP contribution in [-0.4, -0.2) is 26.5 Å². The van der Waals surface area contributed by atoms with E-state index < -0.39 is 15.8 Å². The molecule has 1 aliphatic heterocycles. The summed E-state index contributed by atoms with van der Waals surface area (Å²) < 4.78 is 40.3. The van der Waals surface area contributed by atoms with E-state index in [1.165, 1.54) is 18.2 Å². The van der Waals surface area contributed by atoms with Gasteiger partial charge < -0.3 is 5.73 Å². The molecule has 0 saturated carbocycles. The van der Waals surface area contributed by atoms with Gasteiger partial charge in [0.1, 0.15) is 10.7 Å². The fraction of sp³-hybridized carbons (Fsp3) is 0.500. The van der Waals surface area contributed by atoms with Gasteiger partial charge in [0.2, 0.25) is 10.0 Å². The van der Waals surface area contributed by atoms with E-state index >= 15 is 0 Å². The summed E-state index contributed by atoms with van der Waals surface area (Å²) in [5.74, 6) is 1.60. The van der Waals surface area contributed by atoms with Crippen LogP contribution in [0.3, 0.4) is 0 Å². The van der Waals surface area contributed by atoms with E-state index in [2.05, 4.69) is 4.72 Å². The van der Waals surface area contributed by atoms with Gasteiger partial charge in [0.05, 0.1) is 0 Å². The molecular formula is C12H17FN2O2S2. The van der Waals surface area contributed by atoms with E-state index in [4.69, 9.17) is 5.73 Å². The highest BCUT2D eigenvalue weighted by Crippen LogP contribution is 2.23. The molecule has 1 fully saturated rings. The second-order valence-corrected chi connectivity index (χ2v) is 7.44. The summed E-state index contributed by atoms with van der Waals surface area (Å²) in [6.07, 6.45) is 1.00. The maximum Gasteiger partial charge on any atom is 0.243 e. The molecule has 0 bridgehead atoms. The van der Waals surface area contributed by atoms with Crippen molar-refractivity contribution in [3.8, 4) is 0 Å². The minimum absolute atomic E-state index is 0.184. The Morgan fingerprint density at radius 3 is 2.84 bits per heavy atom. The van der Waals surface area contributed by atoms with Crippen LogP contribution in [0.5, 0.6) is 0 Å². The summed E-state index contributed by atoms with van der Waals surface area (Å²) in [5.41, 5.74) is 5.96. The molecule has 1 aromatic carbocycles. The van der Waals surface area contributed by atoms with Gasteiger partial charge >= 0.3 is 0 Å². The highest BCUT2D eigenvalue weighted by molar-refractivity contribution is 7.99. The van der Waals surface area contributed by atoms with Crippen LogP contribution in [0.15, 0.2) is 23.1 Å². The van der Waals surface area contributed by atoms with Crippen LogP contribution in [0.25, 0.3) is 0 Å². The monoisotopic (exact) mass is 304 g/mol. The standard InChI is InChI=1S/C12H17FN2O2S2/c13-11-5-9(6-14)1-2-12(11)19(16,17)15-7-10-3-4-18-8-10/h1-2,5,10,15H,3-4,6-8,14H2. The van der Waals surface area contributed by atoms with Crippen molar-refractivity contribution in [3.05, 3.63) is 29.6 Å². The number of thioether (sulfide) groups is 1. The van der Waals surface area contributed by atoms with Crippen LogP contribution >= 0.6 is 11.8 Å². The Labute approximate surface area is 117 Å². The molecule has 1 saturated heterocycles. The van der Waals surface area contributed by atoms with Crippen LogP contribution in [0.1, 0.15) is 12.0 Å². The SMILES string of the molecule is NCc1ccc(S(=O)(=O)NCC2CCSC2)c(F)c1. The predicted molar refractivity (Wildman–Crippen MR) is 74.9 cm³/mol. The lowest BCUT2D eigenvalue weighted by atomic mass is 10.1. The van der Waals surface area contributed by atoms with Crippen molar-refractivity contribution >= 4 is 21.8 Å². The Balaban J connectivity index is 2.10. The number of sulfonamides is 1. The van der Waals surface area contributed by atoms with Gasteiger partial charge in [0.15, 0.2) is 0 Å². The van der Waals surface area contributed by atoms with Crippen LogP contribution in [0.2, 0.25) is 0 Å². The topological polar surface area (TPSA) is 72.2 Å². The highest BCUT2D eigenvalue weighted by Gasteiger charge is 2.22. The van der Waals surface area contributed by atoms with Gasteiger partial charge in [-0.2, -0.15) is 11.8 Å². The molecule has 7 heteroatoms. The second kappa shape index (κ2) is 6.21. The first-order valence-corrected chi connectivity index (χ1v) is 8.72. The van der Waals surface area contributed by atoms with Gasteiger partial charge in [0, 0.05) is 13.1 Å². The maximum atomic E-state index is 13.8. The number of hydrogen-bond donors (Lipinski definition) is 2. The number of nitrogens with one attached hydrogen (secondary N) is 1. The molecule has 2 rings (SSSR count). The van der Waals surface area contributed by atoms with Gasteiger partial charge in [-0.1, -0.05) is 6.07 Å². The predicted octanol–water partition coefficient (Wildman–Crippen LogP) is 1.32. The fourth-order valence-electron chi connectivity index (χ4n) is 1.94. The minimum Gasteiger partial charge on any atom is -0.326 e. The third-order valence-electron chi connectivity index (χ3n) is 3.11. The number of rotatable bonds is 5. The zero-order valence-electron chi connectivity index (χ0n) is 10.4. The Kier molecular flexibility index (Phi) is 4.83. The molecule has 0 spiro atoms. The summed E-state index contributed by atoms with van der Waals surface area (Å²) >= 11 is 1.81. The molecule has 1 unspecified atom stereocenters. The number of nitrogens with two attached hydrogens (primary N) is 1. The quantitative estimate of drug-likeness (QED) is 0.860. The Bertz CT molecular complexity index is 543. The highest BCUT2D eigenvalue weighted by atomic mass is 32.2. The van der Waals surface area contributed by atoms with E-state index in [1.807, 2.05) is 11.8 Å². The van der Waals surface area contributed by atoms with Gasteiger partial charge in [-0.3, -0.25) is 0 Å². The zero-order valence-corrected chi connectivity index (χ0v) is 12.1. The molecule has 19 heavy (non-hydrogen) atoms. The number of hydrogen-bond acceptors (Lipinski definition) is 4. The fourth-order valence-corrected chi connectivity index (χ4v) is 4.40. The lowest BCUT2D eigenvalue weighted by molar-refractivity contribution is 0.534. The smallest absolute Gasteiger partial charge is 0.243 e. The Hall–Kier alpha value is -0.630. The van der Waals surface area contributed by atoms with Crippen molar-refractivity contribution in [2.45, 2.75) is 17.9 Å². The van der Waals surface area contributed by atoms with Crippen LogP contribution in [-0.2, 0) is 16.6 Å². The lowest BCUT2D eigenvalue weighted by Crippen LogP contribution is -2.30. The van der Waals surface area contributed by atoms with Gasteiger partial charge in [-0.25, -0.2) is 17.5 Å². The van der Waals surface area contributed by atoms with Crippen molar-refractivity contribution < 1.29 is 12.8 Å². The molecule has 4 nitrogen and oxygen atoms in total. The molecule has 3 N–H and O–H groups in total. The van der Waals surface area contributed by atoms with Crippen molar-refractivity contribution in [3.63, 3.8) is 0 Å². The van der Waals surface area contributed by atoms with Gasteiger partial charge in [-0.15, -0.1) is 0 Å². The zero-order chi connectivity index (χ0) is 13.9. The average molecular weight is 304 g/mol. The normalized spacial score (nSPS) is 19.8. The molecule has 0 radical (unpaired) electrons. The molecule has 0 aliphatic carbocycles. The molecule has 0 aromatic heterocycles. The van der Waals surface area contributed by atoms with Gasteiger partial charge in [-0.05, 0) is 41.5 Å². The Morgan fingerprint density at radius 2 is 2.26 bits per heavy atom. The molecule has 1 atom stereocenters. The molecule has 0 amide bonds. The summed E-state index contributed by atoms with van der Waals surface area (Å²) in [6, 6.07) is 3.96. The second-order valence-electron chi connectivity index (χ2n) is 4.55. The molecule has 106 valence electrons. The molecule has 1 aliphatic rings. The third kappa shape index (κ3) is 3.68. The third-order valence-corrected chi connectivity index (χ3v) is 5.80. The Morgan fingerprint density at radius 1 is 1.47 bits per heavy atom. The van der Waals surface area contributed by atoms with E-state index in [0.29, 0.717) is 18.0 Å². The largest absolute Gasteiger partial charge is 0.326 e. The minimum atomic E-state index is -3.78. The average Bonchev–Trinajstić information content (AvgIpc) is 2.89. The van der Waals surface area contributed by atoms with Crippen molar-refractivity contribution in [2.24, 2.45) is 11.7 Å². The summed E-state index contributed by atoms with van der Waals surface area (Å²) in [6.45, 7) is 0.553. The van der Waals surface area contributed by atoms with Crippen molar-refractivity contribution in [1.82, 2.24) is 4.72 Å². The van der Waals surface area contributed by atoms with Gasteiger partial charge in [0.25, 0.3) is 0 Å². The maximum absolute atomic E-state index is 13.8. The molecule has 1 aromatic rings. The summed E-state index contributed by atoms with van der Waals surface area (Å²) in [5, 5.41) is 0. The lowest BCUT2D eigenvalue weighted by Gasteiger charge is -2.11. The van der Waals surface area contributed by atoms with E-state index in [1.54, 1.807) is 0 Å². The molecule has 1 heterocycles. The van der Waals surface area contributed by atoms with E-state index in [9.17, 15) is 12.8 Å². The first-order chi connectivity index (χ1) is 9.03. The first kappa shape index (κ1) is 14.8. The first-order valence-electron chi connectivity index (χ1n) is 6.09. The van der Waals surface area contributed by atoms with E-state index in [-0.39, 0.29) is 11.4 Å². The summed E-state index contributed by atoms with van der Waals surface area (Å²) in [7, 11) is -3.78. The van der Waals surface area contributed by atoms with Crippen LogP contribution in [0, 0.1) is 11.7 Å². The summed E-state index contributed by atoms with van der Waals surface area (Å²) in [4.78, 5) is -0.310. The number of benzene rings is 1. The van der Waals surface area contributed by atoms with Crippen LogP contribution < -0.4 is 10.5 Å². The van der Waals surface area contributed by atoms with E-state index in [0.717, 1.165) is 17.9 Å². The van der Waals surface area contributed by atoms with Crippen LogP contribution in [0.4, 0.5) is 4.39 Å². The van der Waals surface area contributed by atoms with Crippen molar-refractivity contribution in [2.75, 3.05) is 18.1 Å². The number of halogens is 1. The molecular weight excluding hydrogens is 287 g/mol.